The number of nitrogens with one attached hydrogen (secondary N) is 2. The summed E-state index contributed by atoms with van der Waals surface area (Å²) in [5.74, 6) is -0.700. The Morgan fingerprint density at radius 1 is 1.03 bits per heavy atom. The van der Waals surface area contributed by atoms with Gasteiger partial charge < -0.3 is 10.6 Å². The lowest BCUT2D eigenvalue weighted by atomic mass is 9.87. The van der Waals surface area contributed by atoms with Gasteiger partial charge in [-0.2, -0.15) is 0 Å². The van der Waals surface area contributed by atoms with Gasteiger partial charge in [-0.3, -0.25) is 9.59 Å². The molecule has 0 saturated heterocycles. The summed E-state index contributed by atoms with van der Waals surface area (Å²) in [5.41, 5.74) is 3.49. The smallest absolute Gasteiger partial charge is 0.251 e. The number of amides is 2. The molecule has 3 aromatic carbocycles. The maximum absolute atomic E-state index is 13.2. The van der Waals surface area contributed by atoms with Gasteiger partial charge in [0.25, 0.3) is 5.91 Å². The molecule has 4 nitrogen and oxygen atoms in total. The molecule has 1 unspecified atom stereocenters. The predicted octanol–water partition coefficient (Wildman–Crippen LogP) is 5.74. The molecule has 1 aliphatic rings. The van der Waals surface area contributed by atoms with Crippen LogP contribution in [0.2, 0.25) is 0 Å². The average molecular weight is 435 g/mol. The van der Waals surface area contributed by atoms with E-state index in [0.717, 1.165) is 29.1 Å². The second-order valence-corrected chi connectivity index (χ2v) is 8.68. The molecule has 3 aromatic rings. The van der Waals surface area contributed by atoms with Crippen molar-refractivity contribution in [3.05, 3.63) is 89.2 Å². The van der Waals surface area contributed by atoms with Gasteiger partial charge in [0.05, 0.1) is 11.7 Å². The standard InChI is InChI=1S/C25H23FN2O2S/c1-16(29)27-23-15-18(9-14-24(23)31-20-12-10-19(26)11-13-20)25(30)28-22-8-4-6-17-5-2-3-7-21(17)22/h2-3,5,7,9-15,22H,4,6,8H2,1H3,(H,27,29)(H,28,30). The van der Waals surface area contributed by atoms with Gasteiger partial charge in [-0.05, 0) is 72.9 Å². The number of rotatable bonds is 5. The minimum absolute atomic E-state index is 0.0186. The van der Waals surface area contributed by atoms with Gasteiger partial charge in [-0.25, -0.2) is 4.39 Å². The van der Waals surface area contributed by atoms with Gasteiger partial charge in [-0.1, -0.05) is 36.0 Å². The van der Waals surface area contributed by atoms with E-state index >= 15 is 0 Å². The molecule has 0 spiro atoms. The summed E-state index contributed by atoms with van der Waals surface area (Å²) >= 11 is 1.40. The third kappa shape index (κ3) is 5.14. The first-order valence-corrected chi connectivity index (χ1v) is 11.0. The van der Waals surface area contributed by atoms with Crippen LogP contribution in [0.15, 0.2) is 76.5 Å². The minimum atomic E-state index is -0.303. The fourth-order valence-corrected chi connectivity index (χ4v) is 4.70. The quantitative estimate of drug-likeness (QED) is 0.538. The van der Waals surface area contributed by atoms with Crippen molar-refractivity contribution in [3.63, 3.8) is 0 Å². The van der Waals surface area contributed by atoms with Crippen LogP contribution in [0.5, 0.6) is 0 Å². The Kier molecular flexibility index (Phi) is 6.37. The maximum atomic E-state index is 13.2. The van der Waals surface area contributed by atoms with Crippen LogP contribution in [0.1, 0.15) is 47.3 Å². The van der Waals surface area contributed by atoms with E-state index in [0.29, 0.717) is 11.3 Å². The fourth-order valence-electron chi connectivity index (χ4n) is 3.82. The molecule has 158 valence electrons. The van der Waals surface area contributed by atoms with Crippen molar-refractivity contribution in [1.82, 2.24) is 5.32 Å². The molecule has 0 aromatic heterocycles. The molecule has 2 amide bonds. The lowest BCUT2D eigenvalue weighted by Crippen LogP contribution is -2.31. The number of hydrogen-bond donors (Lipinski definition) is 2. The van der Waals surface area contributed by atoms with Gasteiger partial charge in [0.15, 0.2) is 0 Å². The Morgan fingerprint density at radius 3 is 2.58 bits per heavy atom. The molecule has 1 aliphatic carbocycles. The van der Waals surface area contributed by atoms with Crippen LogP contribution < -0.4 is 10.6 Å². The summed E-state index contributed by atoms with van der Waals surface area (Å²) in [6, 6.07) is 19.6. The van der Waals surface area contributed by atoms with Crippen LogP contribution in [0.25, 0.3) is 0 Å². The summed E-state index contributed by atoms with van der Waals surface area (Å²) in [6.07, 6.45) is 2.97. The van der Waals surface area contributed by atoms with Crippen molar-refractivity contribution in [2.45, 2.75) is 42.0 Å². The Bertz CT molecular complexity index is 1110. The monoisotopic (exact) mass is 434 g/mol. The number of carbonyl (C=O) groups is 2. The molecule has 0 radical (unpaired) electrons. The number of anilines is 1. The number of fused-ring (bicyclic) bond motifs is 1. The number of benzene rings is 3. The Balaban J connectivity index is 1.56. The molecular weight excluding hydrogens is 411 g/mol. The molecular formula is C25H23FN2O2S. The molecule has 0 bridgehead atoms. The molecule has 4 rings (SSSR count). The van der Waals surface area contributed by atoms with Crippen molar-refractivity contribution in [3.8, 4) is 0 Å². The topological polar surface area (TPSA) is 58.2 Å². The van der Waals surface area contributed by atoms with E-state index in [4.69, 9.17) is 0 Å². The van der Waals surface area contributed by atoms with Gasteiger partial charge in [0.1, 0.15) is 5.82 Å². The van der Waals surface area contributed by atoms with Crippen molar-refractivity contribution >= 4 is 29.3 Å². The first-order chi connectivity index (χ1) is 15.0. The van der Waals surface area contributed by atoms with E-state index in [1.165, 1.54) is 41.9 Å². The SMILES string of the molecule is CC(=O)Nc1cc(C(=O)NC2CCCc3ccccc32)ccc1Sc1ccc(F)cc1. The highest BCUT2D eigenvalue weighted by Gasteiger charge is 2.22. The van der Waals surface area contributed by atoms with E-state index < -0.39 is 0 Å². The molecule has 0 saturated carbocycles. The number of aryl methyl sites for hydroxylation is 1. The van der Waals surface area contributed by atoms with Crippen LogP contribution in [-0.4, -0.2) is 11.8 Å². The number of hydrogen-bond acceptors (Lipinski definition) is 3. The molecule has 1 atom stereocenters. The first kappa shape index (κ1) is 21.1. The second kappa shape index (κ2) is 9.35. The highest BCUT2D eigenvalue weighted by molar-refractivity contribution is 7.99. The van der Waals surface area contributed by atoms with Gasteiger partial charge in [0, 0.05) is 22.3 Å². The minimum Gasteiger partial charge on any atom is -0.345 e. The summed E-state index contributed by atoms with van der Waals surface area (Å²) < 4.78 is 13.2. The van der Waals surface area contributed by atoms with Crippen molar-refractivity contribution in [2.24, 2.45) is 0 Å². The van der Waals surface area contributed by atoms with Crippen LogP contribution in [-0.2, 0) is 11.2 Å². The second-order valence-electron chi connectivity index (χ2n) is 7.57. The van der Waals surface area contributed by atoms with Crippen LogP contribution >= 0.6 is 11.8 Å². The van der Waals surface area contributed by atoms with Gasteiger partial charge in [-0.15, -0.1) is 0 Å². The molecule has 0 aliphatic heterocycles. The maximum Gasteiger partial charge on any atom is 0.251 e. The zero-order chi connectivity index (χ0) is 21.8. The summed E-state index contributed by atoms with van der Waals surface area (Å²) in [6.45, 7) is 1.43. The van der Waals surface area contributed by atoms with E-state index in [-0.39, 0.29) is 23.7 Å². The largest absolute Gasteiger partial charge is 0.345 e. The van der Waals surface area contributed by atoms with Gasteiger partial charge in [0.2, 0.25) is 5.91 Å². The normalized spacial score (nSPS) is 15.1. The third-order valence-corrected chi connectivity index (χ3v) is 6.35. The number of carbonyl (C=O) groups excluding carboxylic acids is 2. The zero-order valence-electron chi connectivity index (χ0n) is 17.2. The molecule has 6 heteroatoms. The van der Waals surface area contributed by atoms with E-state index in [1.54, 1.807) is 24.3 Å². The number of halogens is 1. The highest BCUT2D eigenvalue weighted by Crippen LogP contribution is 2.35. The van der Waals surface area contributed by atoms with Crippen molar-refractivity contribution in [1.29, 1.82) is 0 Å². The Morgan fingerprint density at radius 2 is 1.81 bits per heavy atom. The van der Waals surface area contributed by atoms with Crippen molar-refractivity contribution < 1.29 is 14.0 Å². The Labute approximate surface area is 185 Å². The third-order valence-electron chi connectivity index (χ3n) is 5.27. The van der Waals surface area contributed by atoms with E-state index in [1.807, 2.05) is 18.2 Å². The lowest BCUT2D eigenvalue weighted by molar-refractivity contribution is -0.114. The van der Waals surface area contributed by atoms with E-state index in [9.17, 15) is 14.0 Å². The van der Waals surface area contributed by atoms with E-state index in [2.05, 4.69) is 22.8 Å². The summed E-state index contributed by atoms with van der Waals surface area (Å²) in [5, 5.41) is 5.95. The fraction of sp³-hybridized carbons (Fsp3) is 0.200. The molecule has 31 heavy (non-hydrogen) atoms. The summed E-state index contributed by atoms with van der Waals surface area (Å²) in [4.78, 5) is 26.3. The lowest BCUT2D eigenvalue weighted by Gasteiger charge is -2.26. The molecule has 0 heterocycles. The molecule has 0 fully saturated rings. The highest BCUT2D eigenvalue weighted by atomic mass is 32.2. The predicted molar refractivity (Wildman–Crippen MR) is 121 cm³/mol. The van der Waals surface area contributed by atoms with Crippen molar-refractivity contribution in [2.75, 3.05) is 5.32 Å². The van der Waals surface area contributed by atoms with Crippen LogP contribution in [0, 0.1) is 5.82 Å². The Hall–Kier alpha value is -3.12. The van der Waals surface area contributed by atoms with Crippen LogP contribution in [0.4, 0.5) is 10.1 Å². The molecule has 2 N–H and O–H groups in total. The first-order valence-electron chi connectivity index (χ1n) is 10.2. The van der Waals surface area contributed by atoms with Crippen LogP contribution in [0.3, 0.4) is 0 Å². The zero-order valence-corrected chi connectivity index (χ0v) is 18.0. The van der Waals surface area contributed by atoms with Gasteiger partial charge >= 0.3 is 0 Å². The average Bonchev–Trinajstić information content (AvgIpc) is 2.76. The summed E-state index contributed by atoms with van der Waals surface area (Å²) in [7, 11) is 0.